The SMILES string of the molecule is COc1cc(C)ccc1NC(=O)Cc1ccc(Cl)cc1. The second kappa shape index (κ2) is 6.44. The highest BCUT2D eigenvalue weighted by atomic mass is 35.5. The summed E-state index contributed by atoms with van der Waals surface area (Å²) in [4.78, 5) is 12.0. The number of hydrogen-bond acceptors (Lipinski definition) is 2. The monoisotopic (exact) mass is 289 g/mol. The lowest BCUT2D eigenvalue weighted by molar-refractivity contribution is -0.115. The minimum atomic E-state index is -0.0884. The zero-order valence-corrected chi connectivity index (χ0v) is 12.2. The van der Waals surface area contributed by atoms with Crippen LogP contribution >= 0.6 is 11.6 Å². The first-order valence-corrected chi connectivity index (χ1v) is 6.65. The fraction of sp³-hybridized carbons (Fsp3) is 0.188. The van der Waals surface area contributed by atoms with Crippen LogP contribution in [0.25, 0.3) is 0 Å². The summed E-state index contributed by atoms with van der Waals surface area (Å²) >= 11 is 5.82. The molecular formula is C16H16ClNO2. The van der Waals surface area contributed by atoms with Gasteiger partial charge in [-0.2, -0.15) is 0 Å². The van der Waals surface area contributed by atoms with Gasteiger partial charge in [-0.15, -0.1) is 0 Å². The Balaban J connectivity index is 2.06. The highest BCUT2D eigenvalue weighted by Gasteiger charge is 2.08. The van der Waals surface area contributed by atoms with Crippen molar-refractivity contribution in [1.29, 1.82) is 0 Å². The number of hydrogen-bond donors (Lipinski definition) is 1. The lowest BCUT2D eigenvalue weighted by Crippen LogP contribution is -2.15. The van der Waals surface area contributed by atoms with Crippen LogP contribution in [0.5, 0.6) is 5.75 Å². The van der Waals surface area contributed by atoms with Crippen LogP contribution in [-0.2, 0) is 11.2 Å². The molecule has 0 atom stereocenters. The summed E-state index contributed by atoms with van der Waals surface area (Å²) in [6.07, 6.45) is 0.300. The van der Waals surface area contributed by atoms with Gasteiger partial charge in [-0.3, -0.25) is 4.79 Å². The van der Waals surface area contributed by atoms with Crippen LogP contribution in [0.2, 0.25) is 5.02 Å². The third-order valence-corrected chi connectivity index (χ3v) is 3.16. The molecule has 0 unspecified atom stereocenters. The van der Waals surface area contributed by atoms with E-state index in [0.717, 1.165) is 11.1 Å². The number of aryl methyl sites for hydroxylation is 1. The zero-order valence-electron chi connectivity index (χ0n) is 11.4. The predicted octanol–water partition coefficient (Wildman–Crippen LogP) is 3.84. The molecule has 3 nitrogen and oxygen atoms in total. The number of carbonyl (C=O) groups excluding carboxylic acids is 1. The number of halogens is 1. The van der Waals surface area contributed by atoms with E-state index in [1.165, 1.54) is 0 Å². The van der Waals surface area contributed by atoms with Gasteiger partial charge in [0.15, 0.2) is 0 Å². The van der Waals surface area contributed by atoms with Crippen molar-refractivity contribution in [3.63, 3.8) is 0 Å². The van der Waals surface area contributed by atoms with E-state index in [0.29, 0.717) is 22.9 Å². The molecule has 0 heterocycles. The van der Waals surface area contributed by atoms with Crippen LogP contribution in [0.1, 0.15) is 11.1 Å². The first-order valence-electron chi connectivity index (χ1n) is 6.27. The van der Waals surface area contributed by atoms with Gasteiger partial charge < -0.3 is 10.1 Å². The number of ether oxygens (including phenoxy) is 1. The molecule has 0 bridgehead atoms. The Kier molecular flexibility index (Phi) is 4.64. The van der Waals surface area contributed by atoms with Crippen molar-refractivity contribution in [1.82, 2.24) is 0 Å². The van der Waals surface area contributed by atoms with E-state index in [2.05, 4.69) is 5.32 Å². The van der Waals surface area contributed by atoms with Gasteiger partial charge in [0, 0.05) is 5.02 Å². The average Bonchev–Trinajstić information content (AvgIpc) is 2.43. The number of methoxy groups -OCH3 is 1. The molecule has 0 aliphatic carbocycles. The van der Waals surface area contributed by atoms with Gasteiger partial charge in [0.25, 0.3) is 0 Å². The van der Waals surface area contributed by atoms with Crippen LogP contribution in [0, 0.1) is 6.92 Å². The molecule has 2 aromatic carbocycles. The molecular weight excluding hydrogens is 274 g/mol. The molecule has 4 heteroatoms. The Bertz CT molecular complexity index is 608. The third-order valence-electron chi connectivity index (χ3n) is 2.91. The molecule has 0 saturated carbocycles. The zero-order chi connectivity index (χ0) is 14.5. The second-order valence-corrected chi connectivity index (χ2v) is 4.99. The van der Waals surface area contributed by atoms with Crippen LogP contribution in [0.3, 0.4) is 0 Å². The molecule has 0 saturated heterocycles. The lowest BCUT2D eigenvalue weighted by Gasteiger charge is -2.11. The van der Waals surface area contributed by atoms with E-state index in [1.807, 2.05) is 37.3 Å². The summed E-state index contributed by atoms with van der Waals surface area (Å²) in [6.45, 7) is 1.97. The molecule has 1 amide bonds. The van der Waals surface area contributed by atoms with Gasteiger partial charge in [-0.25, -0.2) is 0 Å². The van der Waals surface area contributed by atoms with Crippen molar-refractivity contribution in [3.8, 4) is 5.75 Å². The summed E-state index contributed by atoms with van der Waals surface area (Å²) < 4.78 is 5.26. The maximum atomic E-state index is 12.0. The van der Waals surface area contributed by atoms with Crippen molar-refractivity contribution in [2.24, 2.45) is 0 Å². The Labute approximate surface area is 123 Å². The van der Waals surface area contributed by atoms with Gasteiger partial charge in [0.05, 0.1) is 19.2 Å². The summed E-state index contributed by atoms with van der Waals surface area (Å²) in [5.74, 6) is 0.573. The predicted molar refractivity (Wildman–Crippen MR) is 81.5 cm³/mol. The standard InChI is InChI=1S/C16H16ClNO2/c1-11-3-8-14(15(9-11)20-2)18-16(19)10-12-4-6-13(17)7-5-12/h3-9H,10H2,1-2H3,(H,18,19). The van der Waals surface area contributed by atoms with E-state index >= 15 is 0 Å². The molecule has 0 aromatic heterocycles. The molecule has 2 aromatic rings. The molecule has 2 rings (SSSR count). The number of benzene rings is 2. The van der Waals surface area contributed by atoms with Gasteiger partial charge in [0.1, 0.15) is 5.75 Å². The van der Waals surface area contributed by atoms with Crippen LogP contribution in [0.15, 0.2) is 42.5 Å². The molecule has 20 heavy (non-hydrogen) atoms. The smallest absolute Gasteiger partial charge is 0.228 e. The molecule has 0 radical (unpaired) electrons. The van der Waals surface area contributed by atoms with E-state index in [9.17, 15) is 4.79 Å². The summed E-state index contributed by atoms with van der Waals surface area (Å²) in [5.41, 5.74) is 2.67. The van der Waals surface area contributed by atoms with Crippen molar-refractivity contribution in [2.75, 3.05) is 12.4 Å². The van der Waals surface area contributed by atoms with Gasteiger partial charge >= 0.3 is 0 Å². The molecule has 1 N–H and O–H groups in total. The number of carbonyl (C=O) groups is 1. The summed E-state index contributed by atoms with van der Waals surface area (Å²) in [6, 6.07) is 12.9. The quantitative estimate of drug-likeness (QED) is 0.929. The summed E-state index contributed by atoms with van der Waals surface area (Å²) in [5, 5.41) is 3.52. The fourth-order valence-electron chi connectivity index (χ4n) is 1.88. The third kappa shape index (κ3) is 3.75. The highest BCUT2D eigenvalue weighted by Crippen LogP contribution is 2.25. The maximum Gasteiger partial charge on any atom is 0.228 e. The van der Waals surface area contributed by atoms with Crippen molar-refractivity contribution in [2.45, 2.75) is 13.3 Å². The first kappa shape index (κ1) is 14.4. The normalized spacial score (nSPS) is 10.2. The second-order valence-electron chi connectivity index (χ2n) is 4.56. The topological polar surface area (TPSA) is 38.3 Å². The van der Waals surface area contributed by atoms with Crippen LogP contribution in [0.4, 0.5) is 5.69 Å². The molecule has 0 fully saturated rings. The van der Waals surface area contributed by atoms with E-state index < -0.39 is 0 Å². The largest absolute Gasteiger partial charge is 0.495 e. The van der Waals surface area contributed by atoms with Crippen molar-refractivity contribution >= 4 is 23.2 Å². The van der Waals surface area contributed by atoms with E-state index in [4.69, 9.17) is 16.3 Å². The van der Waals surface area contributed by atoms with Gasteiger partial charge in [-0.1, -0.05) is 29.8 Å². The number of nitrogens with one attached hydrogen (secondary N) is 1. The minimum absolute atomic E-state index is 0.0884. The number of amides is 1. The Hall–Kier alpha value is -2.00. The molecule has 0 spiro atoms. The number of rotatable bonds is 4. The lowest BCUT2D eigenvalue weighted by atomic mass is 10.1. The molecule has 0 aliphatic heterocycles. The number of anilines is 1. The fourth-order valence-corrected chi connectivity index (χ4v) is 2.01. The molecule has 104 valence electrons. The summed E-state index contributed by atoms with van der Waals surface area (Å²) in [7, 11) is 1.59. The highest BCUT2D eigenvalue weighted by molar-refractivity contribution is 6.30. The van der Waals surface area contributed by atoms with E-state index in [1.54, 1.807) is 19.2 Å². The minimum Gasteiger partial charge on any atom is -0.495 e. The van der Waals surface area contributed by atoms with Gasteiger partial charge in [-0.05, 0) is 42.3 Å². The average molecular weight is 290 g/mol. The van der Waals surface area contributed by atoms with Crippen molar-refractivity contribution < 1.29 is 9.53 Å². The van der Waals surface area contributed by atoms with Gasteiger partial charge in [0.2, 0.25) is 5.91 Å². The molecule has 0 aliphatic rings. The Morgan fingerprint density at radius 3 is 2.55 bits per heavy atom. The van der Waals surface area contributed by atoms with Crippen molar-refractivity contribution in [3.05, 3.63) is 58.6 Å². The van der Waals surface area contributed by atoms with E-state index in [-0.39, 0.29) is 5.91 Å². The first-order chi connectivity index (χ1) is 9.58. The van der Waals surface area contributed by atoms with Crippen LogP contribution < -0.4 is 10.1 Å². The van der Waals surface area contributed by atoms with Crippen LogP contribution in [-0.4, -0.2) is 13.0 Å². The Morgan fingerprint density at radius 2 is 1.90 bits per heavy atom. The Morgan fingerprint density at radius 1 is 1.20 bits per heavy atom. The maximum absolute atomic E-state index is 12.0.